The zero-order chi connectivity index (χ0) is 24.1. The van der Waals surface area contributed by atoms with Gasteiger partial charge < -0.3 is 14.9 Å². The van der Waals surface area contributed by atoms with Gasteiger partial charge in [0.2, 0.25) is 0 Å². The van der Waals surface area contributed by atoms with Gasteiger partial charge in [0.1, 0.15) is 5.82 Å². The standard InChI is InChI=1S/C27H30N6O/c1-18-15-19(2)24(16-23(18)26-30-25(31-32-26)5-4-12-29-3)27(34)33-13-10-22(11-14-33)21-8-6-20(17-28)7-9-21/h6-9,12,15-16,22H,4-5,10-11,13-14H2,1-3H3,(H,30,31,32)/b29-12+. The first kappa shape index (κ1) is 23.4. The molecule has 1 amide bonds. The molecule has 0 radical (unpaired) electrons. The van der Waals surface area contributed by atoms with Crippen LogP contribution in [-0.2, 0) is 6.42 Å². The van der Waals surface area contributed by atoms with Crippen molar-refractivity contribution in [2.75, 3.05) is 20.1 Å². The number of aliphatic imine (C=N–C) groups is 1. The number of aryl methyl sites for hydroxylation is 3. The fourth-order valence-electron chi connectivity index (χ4n) is 4.61. The molecule has 34 heavy (non-hydrogen) atoms. The van der Waals surface area contributed by atoms with Gasteiger partial charge in [-0.25, -0.2) is 0 Å². The number of benzene rings is 2. The molecule has 1 aromatic heterocycles. The number of aromatic nitrogens is 3. The molecule has 2 heterocycles. The third-order valence-corrected chi connectivity index (χ3v) is 6.58. The summed E-state index contributed by atoms with van der Waals surface area (Å²) in [6.07, 6.45) is 5.25. The molecule has 1 saturated heterocycles. The van der Waals surface area contributed by atoms with Gasteiger partial charge in [0, 0.05) is 37.7 Å². The molecule has 7 nitrogen and oxygen atoms in total. The molecule has 0 unspecified atom stereocenters. The predicted molar refractivity (Wildman–Crippen MR) is 133 cm³/mol. The van der Waals surface area contributed by atoms with Gasteiger partial charge in [-0.15, -0.1) is 10.2 Å². The van der Waals surface area contributed by atoms with Crippen LogP contribution in [0.2, 0.25) is 0 Å². The Bertz CT molecular complexity index is 1230. The van der Waals surface area contributed by atoms with Crippen LogP contribution in [0.3, 0.4) is 0 Å². The van der Waals surface area contributed by atoms with E-state index in [0.717, 1.165) is 61.3 Å². The Morgan fingerprint density at radius 2 is 1.91 bits per heavy atom. The van der Waals surface area contributed by atoms with Crippen LogP contribution >= 0.6 is 0 Å². The van der Waals surface area contributed by atoms with Crippen LogP contribution < -0.4 is 0 Å². The van der Waals surface area contributed by atoms with Crippen molar-refractivity contribution < 1.29 is 4.79 Å². The second kappa shape index (κ2) is 10.4. The number of piperidine rings is 1. The van der Waals surface area contributed by atoms with E-state index in [-0.39, 0.29) is 5.91 Å². The number of carbonyl (C=O) groups is 1. The molecule has 0 bridgehead atoms. The fourth-order valence-corrected chi connectivity index (χ4v) is 4.61. The second-order valence-electron chi connectivity index (χ2n) is 8.88. The van der Waals surface area contributed by atoms with E-state index >= 15 is 0 Å². The van der Waals surface area contributed by atoms with E-state index in [1.54, 1.807) is 7.05 Å². The van der Waals surface area contributed by atoms with Gasteiger partial charge in [0.15, 0.2) is 5.82 Å². The lowest BCUT2D eigenvalue weighted by Crippen LogP contribution is -2.38. The smallest absolute Gasteiger partial charge is 0.254 e. The van der Waals surface area contributed by atoms with Crippen molar-refractivity contribution in [3.05, 3.63) is 70.0 Å². The average molecular weight is 455 g/mol. The maximum absolute atomic E-state index is 13.5. The van der Waals surface area contributed by atoms with Gasteiger partial charge in [-0.05, 0) is 80.1 Å². The number of hydrogen-bond acceptors (Lipinski definition) is 5. The Hall–Kier alpha value is -3.79. The van der Waals surface area contributed by atoms with Crippen molar-refractivity contribution in [1.29, 1.82) is 5.26 Å². The molecule has 7 heteroatoms. The number of amides is 1. The molecule has 0 atom stereocenters. The van der Waals surface area contributed by atoms with E-state index in [2.05, 4.69) is 32.3 Å². The molecular formula is C27H30N6O. The average Bonchev–Trinajstić information content (AvgIpc) is 3.33. The van der Waals surface area contributed by atoms with Gasteiger partial charge >= 0.3 is 0 Å². The van der Waals surface area contributed by atoms with Crippen LogP contribution in [0.4, 0.5) is 0 Å². The van der Waals surface area contributed by atoms with Crippen molar-refractivity contribution in [2.45, 2.75) is 45.4 Å². The van der Waals surface area contributed by atoms with E-state index in [0.29, 0.717) is 22.9 Å². The molecule has 3 aromatic rings. The molecule has 0 saturated carbocycles. The van der Waals surface area contributed by atoms with E-state index in [1.807, 2.05) is 55.3 Å². The summed E-state index contributed by atoms with van der Waals surface area (Å²) in [7, 11) is 1.76. The van der Waals surface area contributed by atoms with Crippen LogP contribution in [0, 0.1) is 25.2 Å². The first-order valence-corrected chi connectivity index (χ1v) is 11.7. The van der Waals surface area contributed by atoms with E-state index in [9.17, 15) is 4.79 Å². The highest BCUT2D eigenvalue weighted by molar-refractivity contribution is 5.97. The Morgan fingerprint density at radius 1 is 1.18 bits per heavy atom. The van der Waals surface area contributed by atoms with Crippen LogP contribution in [0.25, 0.3) is 11.4 Å². The minimum atomic E-state index is 0.0657. The van der Waals surface area contributed by atoms with E-state index in [1.165, 1.54) is 5.56 Å². The van der Waals surface area contributed by atoms with Gasteiger partial charge in [-0.1, -0.05) is 18.2 Å². The molecule has 174 valence electrons. The Kier molecular flexibility index (Phi) is 7.17. The molecule has 0 aliphatic carbocycles. The Labute approximate surface area is 200 Å². The summed E-state index contributed by atoms with van der Waals surface area (Å²) in [6, 6.07) is 14.0. The van der Waals surface area contributed by atoms with Crippen LogP contribution in [0.1, 0.15) is 63.6 Å². The summed E-state index contributed by atoms with van der Waals surface area (Å²) >= 11 is 0. The van der Waals surface area contributed by atoms with Gasteiger partial charge in [0.05, 0.1) is 11.6 Å². The van der Waals surface area contributed by atoms with Crippen LogP contribution in [0.5, 0.6) is 0 Å². The lowest BCUT2D eigenvalue weighted by Gasteiger charge is -2.32. The van der Waals surface area contributed by atoms with Gasteiger partial charge in [-0.3, -0.25) is 4.79 Å². The highest BCUT2D eigenvalue weighted by Crippen LogP contribution is 2.30. The summed E-state index contributed by atoms with van der Waals surface area (Å²) < 4.78 is 0. The third-order valence-electron chi connectivity index (χ3n) is 6.58. The summed E-state index contributed by atoms with van der Waals surface area (Å²) in [5, 5.41) is 17.6. The number of nitrogens with one attached hydrogen (secondary N) is 1. The SMILES string of the molecule is C/N=C/CCc1nnc(-c2cc(C(=O)N3CCC(c4ccc(C#N)cc4)CC3)c(C)cc2C)[nH]1. The van der Waals surface area contributed by atoms with Crippen molar-refractivity contribution in [1.82, 2.24) is 20.1 Å². The zero-order valence-corrected chi connectivity index (χ0v) is 20.0. The lowest BCUT2D eigenvalue weighted by atomic mass is 9.88. The predicted octanol–water partition coefficient (Wildman–Crippen LogP) is 4.61. The Balaban J connectivity index is 1.47. The maximum atomic E-state index is 13.5. The van der Waals surface area contributed by atoms with Crippen molar-refractivity contribution >= 4 is 12.1 Å². The first-order valence-electron chi connectivity index (χ1n) is 11.7. The van der Waals surface area contributed by atoms with Crippen molar-refractivity contribution in [3.63, 3.8) is 0 Å². The number of nitrogens with zero attached hydrogens (tertiary/aromatic N) is 5. The fraction of sp³-hybridized carbons (Fsp3) is 0.370. The summed E-state index contributed by atoms with van der Waals surface area (Å²) in [5.74, 6) is 1.98. The topological polar surface area (TPSA) is 98.0 Å². The molecule has 1 fully saturated rings. The summed E-state index contributed by atoms with van der Waals surface area (Å²) in [5.41, 5.74) is 5.57. The molecule has 1 N–H and O–H groups in total. The molecular weight excluding hydrogens is 424 g/mol. The quantitative estimate of drug-likeness (QED) is 0.550. The molecule has 4 rings (SSSR count). The molecule has 2 aromatic carbocycles. The van der Waals surface area contributed by atoms with Gasteiger partial charge in [-0.2, -0.15) is 5.26 Å². The van der Waals surface area contributed by atoms with E-state index < -0.39 is 0 Å². The highest BCUT2D eigenvalue weighted by atomic mass is 16.2. The largest absolute Gasteiger partial charge is 0.339 e. The number of carbonyl (C=O) groups excluding carboxylic acids is 1. The first-order chi connectivity index (χ1) is 16.5. The zero-order valence-electron chi connectivity index (χ0n) is 20.0. The number of nitriles is 1. The molecule has 1 aliphatic heterocycles. The molecule has 0 spiro atoms. The number of rotatable bonds is 6. The van der Waals surface area contributed by atoms with Gasteiger partial charge in [0.25, 0.3) is 5.91 Å². The number of hydrogen-bond donors (Lipinski definition) is 1. The van der Waals surface area contributed by atoms with Crippen LogP contribution in [-0.4, -0.2) is 52.3 Å². The normalized spacial score (nSPS) is 14.5. The number of aromatic amines is 1. The number of likely N-dealkylation sites (tertiary alicyclic amines) is 1. The van der Waals surface area contributed by atoms with E-state index in [4.69, 9.17) is 5.26 Å². The minimum absolute atomic E-state index is 0.0657. The number of H-pyrrole nitrogens is 1. The minimum Gasteiger partial charge on any atom is -0.339 e. The summed E-state index contributed by atoms with van der Waals surface area (Å²) in [6.45, 7) is 5.46. The molecule has 1 aliphatic rings. The Morgan fingerprint density at radius 3 is 2.59 bits per heavy atom. The maximum Gasteiger partial charge on any atom is 0.254 e. The summed E-state index contributed by atoms with van der Waals surface area (Å²) in [4.78, 5) is 22.7. The lowest BCUT2D eigenvalue weighted by molar-refractivity contribution is 0.0712. The third kappa shape index (κ3) is 5.07. The van der Waals surface area contributed by atoms with Crippen molar-refractivity contribution in [3.8, 4) is 17.5 Å². The van der Waals surface area contributed by atoms with Crippen molar-refractivity contribution in [2.24, 2.45) is 4.99 Å². The monoisotopic (exact) mass is 454 g/mol. The van der Waals surface area contributed by atoms with Crippen LogP contribution in [0.15, 0.2) is 41.4 Å². The highest BCUT2D eigenvalue weighted by Gasteiger charge is 2.26. The second-order valence-corrected chi connectivity index (χ2v) is 8.88.